The van der Waals surface area contributed by atoms with Crippen LogP contribution in [0.1, 0.15) is 24.8 Å². The van der Waals surface area contributed by atoms with Crippen molar-refractivity contribution in [3.8, 4) is 11.8 Å². The van der Waals surface area contributed by atoms with Crippen LogP contribution < -0.4 is 9.38 Å². The SMILES string of the molecule is C=C(c1c(OB(C)O)cnc2[nH]ccc12)C1CC(NS(=O)(=O)CCC#N)C1. The molecule has 0 aliphatic heterocycles. The Labute approximate surface area is 158 Å². The number of hydrogen-bond acceptors (Lipinski definition) is 6. The van der Waals surface area contributed by atoms with Crippen molar-refractivity contribution in [2.75, 3.05) is 5.75 Å². The Morgan fingerprint density at radius 1 is 1.59 bits per heavy atom. The zero-order valence-electron chi connectivity index (χ0n) is 15.0. The summed E-state index contributed by atoms with van der Waals surface area (Å²) < 4.78 is 31.9. The molecule has 0 aromatic carbocycles. The van der Waals surface area contributed by atoms with E-state index >= 15 is 0 Å². The molecule has 0 radical (unpaired) electrons. The van der Waals surface area contributed by atoms with Crippen LogP contribution in [-0.4, -0.2) is 42.3 Å². The van der Waals surface area contributed by atoms with E-state index in [1.54, 1.807) is 12.4 Å². The molecule has 3 N–H and O–H groups in total. The maximum atomic E-state index is 11.9. The van der Waals surface area contributed by atoms with Crippen LogP contribution in [0.15, 0.2) is 25.0 Å². The Hall–Kier alpha value is -2.35. The van der Waals surface area contributed by atoms with Gasteiger partial charge in [-0.05, 0) is 37.2 Å². The molecule has 1 aliphatic rings. The van der Waals surface area contributed by atoms with Crippen LogP contribution in [0.25, 0.3) is 16.6 Å². The van der Waals surface area contributed by atoms with Crippen molar-refractivity contribution in [1.82, 2.24) is 14.7 Å². The van der Waals surface area contributed by atoms with E-state index in [0.717, 1.165) is 16.5 Å². The van der Waals surface area contributed by atoms with Gasteiger partial charge in [-0.2, -0.15) is 5.26 Å². The minimum atomic E-state index is -3.44. The molecule has 0 saturated heterocycles. The number of H-pyrrole nitrogens is 1. The molecule has 27 heavy (non-hydrogen) atoms. The first-order chi connectivity index (χ1) is 12.8. The first-order valence-electron chi connectivity index (χ1n) is 8.67. The van der Waals surface area contributed by atoms with E-state index in [1.807, 2.05) is 12.1 Å². The van der Waals surface area contributed by atoms with Crippen molar-refractivity contribution >= 4 is 33.7 Å². The van der Waals surface area contributed by atoms with Crippen LogP contribution in [0.5, 0.6) is 5.75 Å². The Kier molecular flexibility index (Phi) is 5.55. The molecule has 1 saturated carbocycles. The number of nitriles is 1. The lowest BCUT2D eigenvalue weighted by Crippen LogP contribution is -2.45. The first-order valence-corrected chi connectivity index (χ1v) is 10.3. The van der Waals surface area contributed by atoms with Gasteiger partial charge in [0, 0.05) is 23.2 Å². The van der Waals surface area contributed by atoms with E-state index in [4.69, 9.17) is 9.92 Å². The summed E-state index contributed by atoms with van der Waals surface area (Å²) in [4.78, 5) is 7.32. The highest BCUT2D eigenvalue weighted by Crippen LogP contribution is 2.43. The fourth-order valence-electron chi connectivity index (χ4n) is 3.29. The summed E-state index contributed by atoms with van der Waals surface area (Å²) in [6.07, 6.45) is 4.53. The van der Waals surface area contributed by atoms with E-state index in [1.165, 1.54) is 6.82 Å². The molecule has 2 heterocycles. The van der Waals surface area contributed by atoms with E-state index in [2.05, 4.69) is 21.3 Å². The van der Waals surface area contributed by atoms with Gasteiger partial charge in [0.1, 0.15) is 11.4 Å². The molecule has 2 aromatic heterocycles. The molecule has 0 bridgehead atoms. The van der Waals surface area contributed by atoms with Crippen molar-refractivity contribution in [3.05, 3.63) is 30.6 Å². The summed E-state index contributed by atoms with van der Waals surface area (Å²) in [7, 11) is -4.43. The zero-order valence-corrected chi connectivity index (χ0v) is 15.8. The molecule has 10 heteroatoms. The highest BCUT2D eigenvalue weighted by atomic mass is 32.2. The molecule has 2 aromatic rings. The lowest BCUT2D eigenvalue weighted by Gasteiger charge is -2.37. The maximum Gasteiger partial charge on any atom is 0.519 e. The molecule has 0 atom stereocenters. The predicted molar refractivity (Wildman–Crippen MR) is 103 cm³/mol. The van der Waals surface area contributed by atoms with E-state index in [-0.39, 0.29) is 24.1 Å². The van der Waals surface area contributed by atoms with Crippen molar-refractivity contribution in [2.45, 2.75) is 32.1 Å². The molecule has 1 aliphatic carbocycles. The van der Waals surface area contributed by atoms with Gasteiger partial charge in [-0.3, -0.25) is 0 Å². The maximum absolute atomic E-state index is 11.9. The Bertz CT molecular complexity index is 990. The monoisotopic (exact) mass is 388 g/mol. The summed E-state index contributed by atoms with van der Waals surface area (Å²) in [5.74, 6) is 0.345. The second-order valence-electron chi connectivity index (χ2n) is 6.69. The molecule has 142 valence electrons. The molecule has 1 fully saturated rings. The van der Waals surface area contributed by atoms with Gasteiger partial charge in [-0.15, -0.1) is 0 Å². The molecule has 0 spiro atoms. The number of nitrogens with zero attached hydrogens (tertiary/aromatic N) is 2. The van der Waals surface area contributed by atoms with Gasteiger partial charge in [0.15, 0.2) is 0 Å². The van der Waals surface area contributed by atoms with Gasteiger partial charge in [-0.25, -0.2) is 18.1 Å². The number of aromatic nitrogens is 2. The Balaban J connectivity index is 1.74. The molecule has 3 rings (SSSR count). The van der Waals surface area contributed by atoms with E-state index in [9.17, 15) is 13.4 Å². The van der Waals surface area contributed by atoms with Crippen LogP contribution in [0.3, 0.4) is 0 Å². The number of pyridine rings is 1. The average molecular weight is 388 g/mol. The second kappa shape index (κ2) is 7.72. The molecule has 8 nitrogen and oxygen atoms in total. The number of allylic oxidation sites excluding steroid dienone is 1. The van der Waals surface area contributed by atoms with Gasteiger partial charge in [0.2, 0.25) is 10.0 Å². The molecular formula is C17H21BN4O4S. The van der Waals surface area contributed by atoms with Gasteiger partial charge >= 0.3 is 7.12 Å². The fraction of sp³-hybridized carbons (Fsp3) is 0.412. The smallest absolute Gasteiger partial charge is 0.519 e. The van der Waals surface area contributed by atoms with Crippen molar-refractivity contribution in [1.29, 1.82) is 5.26 Å². The second-order valence-corrected chi connectivity index (χ2v) is 8.56. The topological polar surface area (TPSA) is 128 Å². The van der Waals surface area contributed by atoms with Gasteiger partial charge < -0.3 is 14.7 Å². The summed E-state index contributed by atoms with van der Waals surface area (Å²) in [5.41, 5.74) is 2.29. The summed E-state index contributed by atoms with van der Waals surface area (Å²) >= 11 is 0. The van der Waals surface area contributed by atoms with Crippen LogP contribution in [-0.2, 0) is 10.0 Å². The highest BCUT2D eigenvalue weighted by Gasteiger charge is 2.35. The summed E-state index contributed by atoms with van der Waals surface area (Å²) in [6.45, 7) is 5.72. The van der Waals surface area contributed by atoms with Crippen LogP contribution in [0.4, 0.5) is 0 Å². The van der Waals surface area contributed by atoms with Crippen LogP contribution >= 0.6 is 0 Å². The molecule has 0 amide bonds. The predicted octanol–water partition coefficient (Wildman–Crippen LogP) is 1.68. The summed E-state index contributed by atoms with van der Waals surface area (Å²) in [5, 5.41) is 19.0. The Morgan fingerprint density at radius 3 is 3.00 bits per heavy atom. The highest BCUT2D eigenvalue weighted by molar-refractivity contribution is 7.89. The lowest BCUT2D eigenvalue weighted by atomic mass is 9.74. The Morgan fingerprint density at radius 2 is 2.33 bits per heavy atom. The number of sulfonamides is 1. The van der Waals surface area contributed by atoms with Crippen molar-refractivity contribution in [2.24, 2.45) is 5.92 Å². The normalized spacial score (nSPS) is 19.3. The fourth-order valence-corrected chi connectivity index (χ4v) is 4.47. The molecule has 0 unspecified atom stereocenters. The third-order valence-electron chi connectivity index (χ3n) is 4.63. The van der Waals surface area contributed by atoms with Gasteiger partial charge in [0.25, 0.3) is 0 Å². The first kappa shape index (κ1) is 19.4. The third-order valence-corrected chi connectivity index (χ3v) is 6.06. The number of hydrogen-bond donors (Lipinski definition) is 3. The quantitative estimate of drug-likeness (QED) is 0.591. The standard InChI is InChI=1S/C17H21BN4O4S/c1-11(12-8-13(9-12)22-27(24,25)7-3-5-19)16-14-4-6-20-17(14)21-10-15(16)26-18(2)23/h4,6,10,12-13,22-23H,1,3,7-9H2,2H3,(H,20,21). The number of fused-ring (bicyclic) bond motifs is 1. The number of nitrogens with one attached hydrogen (secondary N) is 2. The average Bonchev–Trinajstić information content (AvgIpc) is 3.03. The number of rotatable bonds is 8. The van der Waals surface area contributed by atoms with Crippen molar-refractivity contribution in [3.63, 3.8) is 0 Å². The van der Waals surface area contributed by atoms with E-state index in [0.29, 0.717) is 24.2 Å². The number of aromatic amines is 1. The van der Waals surface area contributed by atoms with Crippen LogP contribution in [0, 0.1) is 17.2 Å². The van der Waals surface area contributed by atoms with Crippen LogP contribution in [0.2, 0.25) is 6.82 Å². The minimum Gasteiger partial charge on any atom is -0.535 e. The third kappa shape index (κ3) is 4.32. The van der Waals surface area contributed by atoms with E-state index < -0.39 is 17.1 Å². The lowest BCUT2D eigenvalue weighted by molar-refractivity contribution is 0.310. The van der Waals surface area contributed by atoms with Gasteiger partial charge in [-0.1, -0.05) is 6.58 Å². The molecular weight excluding hydrogens is 367 g/mol. The summed E-state index contributed by atoms with van der Waals surface area (Å²) in [6, 6.07) is 3.55. The zero-order chi connectivity index (χ0) is 19.6. The largest absolute Gasteiger partial charge is 0.535 e. The van der Waals surface area contributed by atoms with Crippen molar-refractivity contribution < 1.29 is 18.1 Å². The van der Waals surface area contributed by atoms with Gasteiger partial charge in [0.05, 0.1) is 24.4 Å². The minimum absolute atomic E-state index is 0.0271.